The molecule has 0 saturated heterocycles. The maximum atomic E-state index is 12.9. The van der Waals surface area contributed by atoms with Crippen molar-refractivity contribution in [3.05, 3.63) is 53.7 Å². The van der Waals surface area contributed by atoms with Crippen LogP contribution in [-0.4, -0.2) is 20.1 Å². The van der Waals surface area contributed by atoms with E-state index in [1.807, 2.05) is 0 Å². The van der Waals surface area contributed by atoms with Crippen LogP contribution in [0.5, 0.6) is 0 Å². The summed E-state index contributed by atoms with van der Waals surface area (Å²) in [6, 6.07) is 8.58. The number of rotatable bonds is 3. The van der Waals surface area contributed by atoms with Crippen LogP contribution in [0.15, 0.2) is 42.6 Å². The Labute approximate surface area is 116 Å². The third-order valence-corrected chi connectivity index (χ3v) is 2.85. The third-order valence-electron chi connectivity index (χ3n) is 2.85. The van der Waals surface area contributed by atoms with Gasteiger partial charge in [0, 0.05) is 11.8 Å². The number of hydrogen-bond acceptors (Lipinski definition) is 4. The maximum absolute atomic E-state index is 12.9. The fourth-order valence-corrected chi connectivity index (χ4v) is 1.89. The summed E-state index contributed by atoms with van der Waals surface area (Å²) >= 11 is 0. The van der Waals surface area contributed by atoms with E-state index in [0.717, 1.165) is 10.9 Å². The molecule has 0 fully saturated rings. The van der Waals surface area contributed by atoms with Crippen LogP contribution in [0.2, 0.25) is 0 Å². The summed E-state index contributed by atoms with van der Waals surface area (Å²) < 4.78 is 38.6. The molecule has 0 aliphatic heterocycles. The Morgan fingerprint density at radius 3 is 2.71 bits per heavy atom. The highest BCUT2D eigenvalue weighted by Crippen LogP contribution is 2.31. The second kappa shape index (κ2) is 5.04. The van der Waals surface area contributed by atoms with Crippen molar-refractivity contribution >= 4 is 11.2 Å². The molecular weight excluding hydrogens is 285 g/mol. The van der Waals surface area contributed by atoms with E-state index in [1.54, 1.807) is 12.1 Å². The Kier molecular flexibility index (Phi) is 3.20. The Morgan fingerprint density at radius 2 is 1.90 bits per heavy atom. The minimum atomic E-state index is -4.43. The van der Waals surface area contributed by atoms with Gasteiger partial charge in [-0.3, -0.25) is 0 Å². The normalized spacial score (nSPS) is 11.8. The van der Waals surface area contributed by atoms with Crippen LogP contribution in [0.3, 0.4) is 0 Å². The quantitative estimate of drug-likeness (QED) is 0.744. The van der Waals surface area contributed by atoms with Gasteiger partial charge in [-0.1, -0.05) is 23.0 Å². The van der Waals surface area contributed by atoms with Crippen molar-refractivity contribution in [2.24, 2.45) is 0 Å². The first-order chi connectivity index (χ1) is 10.1. The zero-order valence-electron chi connectivity index (χ0n) is 10.6. The van der Waals surface area contributed by atoms with Gasteiger partial charge in [0.15, 0.2) is 0 Å². The van der Waals surface area contributed by atoms with E-state index in [9.17, 15) is 13.2 Å². The van der Waals surface area contributed by atoms with Gasteiger partial charge >= 0.3 is 6.18 Å². The molecule has 0 amide bonds. The molecule has 108 valence electrons. The summed E-state index contributed by atoms with van der Waals surface area (Å²) in [4.78, 5) is 10.3. The molecule has 0 radical (unpaired) electrons. The van der Waals surface area contributed by atoms with E-state index in [0.29, 0.717) is 11.2 Å². The minimum Gasteiger partial charge on any atom is -0.389 e. The van der Waals surface area contributed by atoms with Crippen molar-refractivity contribution < 1.29 is 18.0 Å². The lowest BCUT2D eigenvalue weighted by Gasteiger charge is -2.12. The molecule has 3 rings (SSSR count). The molecule has 0 N–H and O–H groups in total. The number of aromatic nitrogens is 4. The first-order valence-corrected chi connectivity index (χ1v) is 6.00. The van der Waals surface area contributed by atoms with Crippen LogP contribution in [-0.2, 0) is 12.8 Å². The van der Waals surface area contributed by atoms with E-state index in [-0.39, 0.29) is 12.2 Å². The van der Waals surface area contributed by atoms with E-state index in [2.05, 4.69) is 15.3 Å². The van der Waals surface area contributed by atoms with Crippen molar-refractivity contribution in [3.63, 3.8) is 0 Å². The summed E-state index contributed by atoms with van der Waals surface area (Å²) in [7, 11) is 0. The summed E-state index contributed by atoms with van der Waals surface area (Å²) in [6.45, 7) is -0.287. The lowest BCUT2D eigenvalue weighted by Crippen LogP contribution is -2.17. The molecule has 0 spiro atoms. The number of alkyl halides is 3. The van der Waals surface area contributed by atoms with Gasteiger partial charge < -0.3 is 4.84 Å². The SMILES string of the molecule is FC(F)(F)c1ccccc1COn1nnc2cccnc21. The van der Waals surface area contributed by atoms with Crippen LogP contribution in [0, 0.1) is 0 Å². The van der Waals surface area contributed by atoms with Crippen molar-refractivity contribution in [3.8, 4) is 0 Å². The Balaban J connectivity index is 1.86. The second-order valence-corrected chi connectivity index (χ2v) is 4.24. The van der Waals surface area contributed by atoms with Crippen LogP contribution in [0.25, 0.3) is 11.2 Å². The Hall–Kier alpha value is -2.64. The van der Waals surface area contributed by atoms with Crippen molar-refractivity contribution in [2.75, 3.05) is 0 Å². The standard InChI is InChI=1S/C13H9F3N4O/c14-13(15,16)10-5-2-1-4-9(10)8-21-20-12-11(18-19-20)6-3-7-17-12/h1-7H,8H2. The zero-order chi connectivity index (χ0) is 14.9. The average Bonchev–Trinajstić information content (AvgIpc) is 2.88. The Morgan fingerprint density at radius 1 is 1.10 bits per heavy atom. The zero-order valence-corrected chi connectivity index (χ0v) is 10.6. The average molecular weight is 294 g/mol. The molecule has 0 atom stereocenters. The minimum absolute atomic E-state index is 0.0181. The van der Waals surface area contributed by atoms with Crippen molar-refractivity contribution in [1.29, 1.82) is 0 Å². The van der Waals surface area contributed by atoms with Crippen LogP contribution in [0.1, 0.15) is 11.1 Å². The molecule has 2 aromatic heterocycles. The summed E-state index contributed by atoms with van der Waals surface area (Å²) in [5, 5.41) is 7.51. The molecule has 2 heterocycles. The summed E-state index contributed by atoms with van der Waals surface area (Å²) in [5.74, 6) is 0. The first-order valence-electron chi connectivity index (χ1n) is 6.00. The van der Waals surface area contributed by atoms with Crippen molar-refractivity contribution in [1.82, 2.24) is 20.1 Å². The van der Waals surface area contributed by atoms with Gasteiger partial charge in [-0.15, -0.1) is 5.10 Å². The summed E-state index contributed by atoms with van der Waals surface area (Å²) in [6.07, 6.45) is -2.90. The highest BCUT2D eigenvalue weighted by Gasteiger charge is 2.33. The van der Waals surface area contributed by atoms with E-state index >= 15 is 0 Å². The van der Waals surface area contributed by atoms with E-state index in [1.165, 1.54) is 24.4 Å². The lowest BCUT2D eigenvalue weighted by atomic mass is 10.1. The number of benzene rings is 1. The van der Waals surface area contributed by atoms with Crippen LogP contribution < -0.4 is 4.84 Å². The molecule has 21 heavy (non-hydrogen) atoms. The third kappa shape index (κ3) is 2.64. The monoisotopic (exact) mass is 294 g/mol. The predicted octanol–water partition coefficient (Wildman–Crippen LogP) is 2.47. The van der Waals surface area contributed by atoms with Gasteiger partial charge in [-0.2, -0.15) is 13.2 Å². The highest BCUT2D eigenvalue weighted by atomic mass is 19.4. The van der Waals surface area contributed by atoms with Crippen LogP contribution in [0.4, 0.5) is 13.2 Å². The van der Waals surface area contributed by atoms with Gasteiger partial charge in [0.2, 0.25) is 5.65 Å². The van der Waals surface area contributed by atoms with Gasteiger partial charge in [0.25, 0.3) is 0 Å². The highest BCUT2D eigenvalue weighted by molar-refractivity contribution is 5.68. The Bertz CT molecular complexity index is 769. The molecule has 3 aromatic rings. The van der Waals surface area contributed by atoms with E-state index in [4.69, 9.17) is 4.84 Å². The van der Waals surface area contributed by atoms with Gasteiger partial charge in [0.1, 0.15) is 12.1 Å². The number of fused-ring (bicyclic) bond motifs is 1. The molecule has 8 heteroatoms. The molecule has 0 aliphatic carbocycles. The molecule has 1 aromatic carbocycles. The smallest absolute Gasteiger partial charge is 0.389 e. The predicted molar refractivity (Wildman–Crippen MR) is 67.1 cm³/mol. The largest absolute Gasteiger partial charge is 0.416 e. The number of halogens is 3. The number of hydrogen-bond donors (Lipinski definition) is 0. The maximum Gasteiger partial charge on any atom is 0.416 e. The van der Waals surface area contributed by atoms with Crippen LogP contribution >= 0.6 is 0 Å². The lowest BCUT2D eigenvalue weighted by molar-refractivity contribution is -0.139. The van der Waals surface area contributed by atoms with E-state index < -0.39 is 11.7 Å². The molecular formula is C13H9F3N4O. The van der Waals surface area contributed by atoms with Gasteiger partial charge in [-0.25, -0.2) is 4.98 Å². The first kappa shape index (κ1) is 13.3. The summed E-state index contributed by atoms with van der Waals surface area (Å²) in [5.41, 5.74) is 0.135. The van der Waals surface area contributed by atoms with Crippen molar-refractivity contribution in [2.45, 2.75) is 12.8 Å². The molecule has 0 saturated carbocycles. The molecule has 0 aliphatic rings. The molecule has 5 nitrogen and oxygen atoms in total. The number of pyridine rings is 1. The second-order valence-electron chi connectivity index (χ2n) is 4.24. The van der Waals surface area contributed by atoms with Gasteiger partial charge in [-0.05, 0) is 23.4 Å². The molecule has 0 unspecified atom stereocenters. The van der Waals surface area contributed by atoms with Gasteiger partial charge in [0.05, 0.1) is 5.56 Å². The molecule has 0 bridgehead atoms. The topological polar surface area (TPSA) is 52.8 Å². The fourth-order valence-electron chi connectivity index (χ4n) is 1.89. The number of nitrogens with zero attached hydrogens (tertiary/aromatic N) is 4. The fraction of sp³-hybridized carbons (Fsp3) is 0.154.